The van der Waals surface area contributed by atoms with Gasteiger partial charge in [0.2, 0.25) is 0 Å². The van der Waals surface area contributed by atoms with Gasteiger partial charge in [0, 0.05) is 16.5 Å². The molecule has 29 heavy (non-hydrogen) atoms. The zero-order valence-corrected chi connectivity index (χ0v) is 14.3. The highest BCUT2D eigenvalue weighted by atomic mass is 19.4. The SMILES string of the molecule is O=C1Nc2nc(Nc3cccc(C(F)(F)F)c3)c3cc(C(=O)O)ccc3c2C1=O. The summed E-state index contributed by atoms with van der Waals surface area (Å²) in [6.07, 6.45) is -4.55. The van der Waals surface area contributed by atoms with E-state index >= 15 is 0 Å². The van der Waals surface area contributed by atoms with Gasteiger partial charge in [0.15, 0.2) is 0 Å². The number of Topliss-reactive ketones (excluding diaryl/α,β-unsaturated/α-hetero) is 1. The Labute approximate surface area is 160 Å². The lowest BCUT2D eigenvalue weighted by Crippen LogP contribution is -2.12. The molecule has 0 saturated carbocycles. The number of hydrogen-bond acceptors (Lipinski definition) is 5. The van der Waals surface area contributed by atoms with Gasteiger partial charge in [0.1, 0.15) is 11.6 Å². The van der Waals surface area contributed by atoms with Crippen LogP contribution < -0.4 is 10.6 Å². The number of hydrogen-bond donors (Lipinski definition) is 3. The largest absolute Gasteiger partial charge is 0.478 e. The van der Waals surface area contributed by atoms with Gasteiger partial charge in [0.25, 0.3) is 11.7 Å². The lowest BCUT2D eigenvalue weighted by Gasteiger charge is -2.14. The van der Waals surface area contributed by atoms with E-state index in [0.717, 1.165) is 12.1 Å². The van der Waals surface area contributed by atoms with Crippen LogP contribution in [0.2, 0.25) is 0 Å². The van der Waals surface area contributed by atoms with E-state index in [2.05, 4.69) is 15.6 Å². The number of fused-ring (bicyclic) bond motifs is 3. The molecule has 2 heterocycles. The van der Waals surface area contributed by atoms with Crippen LogP contribution in [-0.2, 0) is 11.0 Å². The van der Waals surface area contributed by atoms with Gasteiger partial charge in [0.05, 0.1) is 16.7 Å². The number of carbonyl (C=O) groups is 3. The Hall–Kier alpha value is -3.95. The predicted octanol–water partition coefficient (Wildman–Crippen LogP) is 3.83. The van der Waals surface area contributed by atoms with Gasteiger partial charge in [-0.25, -0.2) is 9.78 Å². The molecule has 0 bridgehead atoms. The number of amides is 1. The maximum absolute atomic E-state index is 13.0. The van der Waals surface area contributed by atoms with E-state index in [1.54, 1.807) is 0 Å². The molecule has 4 rings (SSSR count). The Morgan fingerprint density at radius 2 is 1.83 bits per heavy atom. The normalized spacial score (nSPS) is 13.3. The molecule has 3 aromatic rings. The second-order valence-corrected chi connectivity index (χ2v) is 6.24. The highest BCUT2D eigenvalue weighted by molar-refractivity contribution is 6.53. The van der Waals surface area contributed by atoms with Gasteiger partial charge < -0.3 is 15.7 Å². The molecule has 7 nitrogen and oxygen atoms in total. The van der Waals surface area contributed by atoms with Crippen molar-refractivity contribution in [3.8, 4) is 0 Å². The summed E-state index contributed by atoms with van der Waals surface area (Å²) < 4.78 is 38.9. The predicted molar refractivity (Wildman–Crippen MR) is 96.4 cm³/mol. The zero-order chi connectivity index (χ0) is 20.9. The van der Waals surface area contributed by atoms with E-state index in [-0.39, 0.29) is 39.2 Å². The van der Waals surface area contributed by atoms with Gasteiger partial charge >= 0.3 is 12.1 Å². The number of ketones is 1. The van der Waals surface area contributed by atoms with Crippen molar-refractivity contribution in [3.63, 3.8) is 0 Å². The molecular formula is C19H10F3N3O4. The van der Waals surface area contributed by atoms with Gasteiger partial charge in [-0.3, -0.25) is 9.59 Å². The Kier molecular flexibility index (Phi) is 4.00. The van der Waals surface area contributed by atoms with Crippen LogP contribution in [0.5, 0.6) is 0 Å². The maximum Gasteiger partial charge on any atom is 0.416 e. The minimum Gasteiger partial charge on any atom is -0.478 e. The molecule has 0 aliphatic carbocycles. The molecule has 2 aromatic carbocycles. The van der Waals surface area contributed by atoms with Crippen molar-refractivity contribution in [3.05, 3.63) is 59.2 Å². The van der Waals surface area contributed by atoms with Crippen molar-refractivity contribution in [2.75, 3.05) is 10.6 Å². The number of carboxylic acid groups (broad SMARTS) is 1. The summed E-state index contributed by atoms with van der Waals surface area (Å²) in [6.45, 7) is 0. The standard InChI is InChI=1S/C19H10F3N3O4/c20-19(21,22)9-2-1-3-10(7-9)23-15-12-6-8(18(28)29)4-5-11(12)13-14(26)17(27)25-16(13)24-15/h1-7H,(H,28,29)(H2,23,24,25,26,27). The Morgan fingerprint density at radius 1 is 1.07 bits per heavy atom. The first-order valence-corrected chi connectivity index (χ1v) is 8.16. The second kappa shape index (κ2) is 6.30. The first-order valence-electron chi connectivity index (χ1n) is 8.16. The number of aromatic nitrogens is 1. The third-order valence-electron chi connectivity index (χ3n) is 4.37. The van der Waals surface area contributed by atoms with Crippen LogP contribution in [0.25, 0.3) is 10.8 Å². The molecule has 1 aliphatic rings. The molecule has 0 fully saturated rings. The molecule has 1 aliphatic heterocycles. The number of nitrogens with zero attached hydrogens (tertiary/aromatic N) is 1. The molecule has 0 saturated heterocycles. The molecule has 0 unspecified atom stereocenters. The monoisotopic (exact) mass is 401 g/mol. The van der Waals surface area contributed by atoms with Crippen LogP contribution in [0, 0.1) is 0 Å². The van der Waals surface area contributed by atoms with Crippen molar-refractivity contribution >= 4 is 45.8 Å². The number of anilines is 3. The molecule has 146 valence electrons. The van der Waals surface area contributed by atoms with E-state index in [1.807, 2.05) is 0 Å². The summed E-state index contributed by atoms with van der Waals surface area (Å²) in [4.78, 5) is 39.3. The van der Waals surface area contributed by atoms with E-state index in [0.29, 0.717) is 0 Å². The fourth-order valence-electron chi connectivity index (χ4n) is 3.05. The highest BCUT2D eigenvalue weighted by Gasteiger charge is 2.33. The third-order valence-corrected chi connectivity index (χ3v) is 4.37. The van der Waals surface area contributed by atoms with Crippen LogP contribution in [0.1, 0.15) is 26.3 Å². The molecule has 1 aromatic heterocycles. The summed E-state index contributed by atoms with van der Waals surface area (Å²) in [5, 5.41) is 14.7. The van der Waals surface area contributed by atoms with Gasteiger partial charge in [-0.2, -0.15) is 13.2 Å². The number of halogens is 3. The molecule has 0 radical (unpaired) electrons. The van der Waals surface area contributed by atoms with Crippen LogP contribution in [0.15, 0.2) is 42.5 Å². The van der Waals surface area contributed by atoms with E-state index in [9.17, 15) is 32.7 Å². The number of carbonyl (C=O) groups excluding carboxylic acids is 2. The number of rotatable bonds is 3. The van der Waals surface area contributed by atoms with Crippen molar-refractivity contribution in [2.45, 2.75) is 6.18 Å². The summed E-state index contributed by atoms with van der Waals surface area (Å²) in [6, 6.07) is 8.20. The first-order chi connectivity index (χ1) is 13.6. The molecule has 0 atom stereocenters. The molecular weight excluding hydrogens is 391 g/mol. The molecule has 0 spiro atoms. The highest BCUT2D eigenvalue weighted by Crippen LogP contribution is 2.36. The summed E-state index contributed by atoms with van der Waals surface area (Å²) in [7, 11) is 0. The Balaban J connectivity index is 1.90. The van der Waals surface area contributed by atoms with E-state index in [1.165, 1.54) is 30.3 Å². The summed E-state index contributed by atoms with van der Waals surface area (Å²) >= 11 is 0. The number of pyridine rings is 1. The summed E-state index contributed by atoms with van der Waals surface area (Å²) in [5.74, 6) is -3.02. The lowest BCUT2D eigenvalue weighted by molar-refractivity contribution is -0.137. The Morgan fingerprint density at radius 3 is 2.52 bits per heavy atom. The fourth-order valence-corrected chi connectivity index (χ4v) is 3.05. The van der Waals surface area contributed by atoms with Gasteiger partial charge in [-0.1, -0.05) is 12.1 Å². The van der Waals surface area contributed by atoms with Crippen LogP contribution in [-0.4, -0.2) is 27.8 Å². The topological polar surface area (TPSA) is 108 Å². The average molecular weight is 401 g/mol. The molecule has 3 N–H and O–H groups in total. The quantitative estimate of drug-likeness (QED) is 0.576. The van der Waals surface area contributed by atoms with Gasteiger partial charge in [-0.05, 0) is 30.3 Å². The third kappa shape index (κ3) is 3.14. The van der Waals surface area contributed by atoms with Crippen molar-refractivity contribution < 1.29 is 32.7 Å². The molecule has 1 amide bonds. The van der Waals surface area contributed by atoms with Crippen LogP contribution in [0.4, 0.5) is 30.5 Å². The lowest BCUT2D eigenvalue weighted by atomic mass is 10.0. The van der Waals surface area contributed by atoms with Gasteiger partial charge in [-0.15, -0.1) is 0 Å². The van der Waals surface area contributed by atoms with E-state index in [4.69, 9.17) is 0 Å². The van der Waals surface area contributed by atoms with Crippen LogP contribution >= 0.6 is 0 Å². The number of alkyl halides is 3. The Bertz CT molecular complexity index is 1220. The number of carboxylic acids is 1. The minimum absolute atomic E-state index is 0.00354. The smallest absolute Gasteiger partial charge is 0.416 e. The number of benzene rings is 2. The molecule has 10 heteroatoms. The number of nitrogens with one attached hydrogen (secondary N) is 2. The first kappa shape index (κ1) is 18.4. The fraction of sp³-hybridized carbons (Fsp3) is 0.0526. The zero-order valence-electron chi connectivity index (χ0n) is 14.3. The van der Waals surface area contributed by atoms with Crippen molar-refractivity contribution in [1.82, 2.24) is 4.98 Å². The van der Waals surface area contributed by atoms with Crippen molar-refractivity contribution in [2.24, 2.45) is 0 Å². The summed E-state index contributed by atoms with van der Waals surface area (Å²) in [5.41, 5.74) is -0.972. The maximum atomic E-state index is 13.0. The van der Waals surface area contributed by atoms with Crippen LogP contribution in [0.3, 0.4) is 0 Å². The number of aromatic carboxylic acids is 1. The van der Waals surface area contributed by atoms with Crippen molar-refractivity contribution in [1.29, 1.82) is 0 Å². The van der Waals surface area contributed by atoms with E-state index < -0.39 is 29.4 Å². The minimum atomic E-state index is -4.55. The average Bonchev–Trinajstić information content (AvgIpc) is 2.95. The second-order valence-electron chi connectivity index (χ2n) is 6.24.